The van der Waals surface area contributed by atoms with Crippen molar-refractivity contribution in [3.8, 4) is 0 Å². The SMILES string of the molecule is Cc1ccc(S(=O)(=O)N(CC(=O)N/N=C\c2ccc(CN(Cc3ccc(Cl)cc3)S(=O)(=O)c3ccccc3)o2)Cc2ccccc2)cc1. The number of furan rings is 1. The largest absolute Gasteiger partial charge is 0.459 e. The van der Waals surface area contributed by atoms with Crippen LogP contribution in [-0.4, -0.2) is 44.1 Å². The predicted molar refractivity (Wildman–Crippen MR) is 184 cm³/mol. The van der Waals surface area contributed by atoms with E-state index in [0.717, 1.165) is 15.4 Å². The summed E-state index contributed by atoms with van der Waals surface area (Å²) in [6, 6.07) is 33.6. The van der Waals surface area contributed by atoms with Gasteiger partial charge in [-0.05, 0) is 66.6 Å². The van der Waals surface area contributed by atoms with Gasteiger partial charge in [0.2, 0.25) is 20.0 Å². The van der Waals surface area contributed by atoms with Crippen molar-refractivity contribution in [3.63, 3.8) is 0 Å². The van der Waals surface area contributed by atoms with Crippen molar-refractivity contribution >= 4 is 43.8 Å². The molecule has 0 saturated heterocycles. The average molecular weight is 705 g/mol. The molecule has 5 rings (SSSR count). The van der Waals surface area contributed by atoms with E-state index < -0.39 is 32.5 Å². The van der Waals surface area contributed by atoms with Crippen LogP contribution in [0.5, 0.6) is 0 Å². The smallest absolute Gasteiger partial charge is 0.255 e. The van der Waals surface area contributed by atoms with Gasteiger partial charge in [-0.15, -0.1) is 0 Å². The fraction of sp³-hybridized carbons (Fsp3) is 0.143. The van der Waals surface area contributed by atoms with Crippen LogP contribution >= 0.6 is 11.6 Å². The molecule has 1 heterocycles. The number of halogens is 1. The molecule has 0 aliphatic heterocycles. The molecule has 1 amide bonds. The van der Waals surface area contributed by atoms with Crippen LogP contribution in [0.15, 0.2) is 141 Å². The van der Waals surface area contributed by atoms with Gasteiger partial charge < -0.3 is 4.42 Å². The highest BCUT2D eigenvalue weighted by Gasteiger charge is 2.28. The Bertz CT molecular complexity index is 2070. The van der Waals surface area contributed by atoms with Crippen LogP contribution in [0.3, 0.4) is 0 Å². The molecule has 48 heavy (non-hydrogen) atoms. The van der Waals surface area contributed by atoms with E-state index in [1.165, 1.54) is 34.8 Å². The topological polar surface area (TPSA) is 129 Å². The molecule has 1 N–H and O–H groups in total. The second-order valence-corrected chi connectivity index (χ2v) is 15.2. The van der Waals surface area contributed by atoms with Gasteiger partial charge in [-0.25, -0.2) is 22.3 Å². The number of sulfonamides is 2. The molecular weight excluding hydrogens is 672 g/mol. The van der Waals surface area contributed by atoms with Gasteiger partial charge in [0.15, 0.2) is 0 Å². The number of hydrazone groups is 1. The molecule has 0 aliphatic carbocycles. The molecule has 13 heteroatoms. The van der Waals surface area contributed by atoms with E-state index in [-0.39, 0.29) is 35.2 Å². The maximum Gasteiger partial charge on any atom is 0.255 e. The molecule has 0 fully saturated rings. The van der Waals surface area contributed by atoms with E-state index >= 15 is 0 Å². The Morgan fingerprint density at radius 1 is 0.708 bits per heavy atom. The van der Waals surface area contributed by atoms with Crippen molar-refractivity contribution in [1.29, 1.82) is 0 Å². The summed E-state index contributed by atoms with van der Waals surface area (Å²) in [5.41, 5.74) is 4.72. The van der Waals surface area contributed by atoms with Crippen LogP contribution in [-0.2, 0) is 44.5 Å². The average Bonchev–Trinajstić information content (AvgIpc) is 3.53. The van der Waals surface area contributed by atoms with Gasteiger partial charge in [0, 0.05) is 18.1 Å². The van der Waals surface area contributed by atoms with Crippen LogP contribution in [0.25, 0.3) is 0 Å². The summed E-state index contributed by atoms with van der Waals surface area (Å²) in [5.74, 6) is -0.0653. The number of rotatable bonds is 14. The molecule has 10 nitrogen and oxygen atoms in total. The lowest BCUT2D eigenvalue weighted by Crippen LogP contribution is -2.39. The first-order valence-electron chi connectivity index (χ1n) is 14.8. The van der Waals surface area contributed by atoms with Crippen molar-refractivity contribution in [1.82, 2.24) is 14.0 Å². The minimum atomic E-state index is -4.01. The molecule has 0 atom stereocenters. The van der Waals surface area contributed by atoms with E-state index in [4.69, 9.17) is 16.0 Å². The second kappa shape index (κ2) is 15.5. The molecule has 0 spiro atoms. The maximum atomic E-state index is 13.6. The minimum absolute atomic E-state index is 0.0197. The molecule has 0 aliphatic rings. The van der Waals surface area contributed by atoms with Crippen molar-refractivity contribution in [2.75, 3.05) is 6.54 Å². The van der Waals surface area contributed by atoms with Crippen molar-refractivity contribution in [3.05, 3.63) is 155 Å². The van der Waals surface area contributed by atoms with E-state index in [9.17, 15) is 21.6 Å². The second-order valence-electron chi connectivity index (χ2n) is 10.9. The Labute approximate surface area is 285 Å². The summed E-state index contributed by atoms with van der Waals surface area (Å²) in [5, 5.41) is 4.49. The minimum Gasteiger partial charge on any atom is -0.459 e. The van der Waals surface area contributed by atoms with Gasteiger partial charge in [0.25, 0.3) is 5.91 Å². The molecule has 4 aromatic carbocycles. The zero-order valence-electron chi connectivity index (χ0n) is 25.9. The van der Waals surface area contributed by atoms with Crippen LogP contribution < -0.4 is 5.43 Å². The zero-order valence-corrected chi connectivity index (χ0v) is 28.3. The third kappa shape index (κ3) is 9.06. The predicted octanol–water partition coefficient (Wildman–Crippen LogP) is 5.97. The van der Waals surface area contributed by atoms with Crippen molar-refractivity contribution < 1.29 is 26.0 Å². The highest BCUT2D eigenvalue weighted by atomic mass is 35.5. The van der Waals surface area contributed by atoms with Gasteiger partial charge >= 0.3 is 0 Å². The molecule has 0 radical (unpaired) electrons. The molecule has 5 aromatic rings. The van der Waals surface area contributed by atoms with E-state index in [2.05, 4.69) is 10.5 Å². The molecule has 0 unspecified atom stereocenters. The number of hydrogen-bond acceptors (Lipinski definition) is 7. The first-order chi connectivity index (χ1) is 23.0. The summed E-state index contributed by atoms with van der Waals surface area (Å²) in [6.07, 6.45) is 1.26. The lowest BCUT2D eigenvalue weighted by atomic mass is 10.2. The summed E-state index contributed by atoms with van der Waals surface area (Å²) in [4.78, 5) is 13.1. The molecule has 248 valence electrons. The number of nitrogens with zero attached hydrogens (tertiary/aromatic N) is 3. The van der Waals surface area contributed by atoms with Gasteiger partial charge in [-0.3, -0.25) is 4.79 Å². The Morgan fingerprint density at radius 2 is 1.27 bits per heavy atom. The Kier molecular flexibility index (Phi) is 11.2. The van der Waals surface area contributed by atoms with Crippen LogP contribution in [0.2, 0.25) is 5.02 Å². The third-order valence-electron chi connectivity index (χ3n) is 7.23. The number of benzene rings is 4. The normalized spacial score (nSPS) is 12.2. The van der Waals surface area contributed by atoms with Gasteiger partial charge in [0.05, 0.1) is 29.1 Å². The van der Waals surface area contributed by atoms with Crippen LogP contribution in [0.1, 0.15) is 28.2 Å². The number of carbonyl (C=O) groups excluding carboxylic acids is 1. The van der Waals surface area contributed by atoms with Gasteiger partial charge in [0.1, 0.15) is 11.5 Å². The Morgan fingerprint density at radius 3 is 1.94 bits per heavy atom. The zero-order chi connectivity index (χ0) is 34.1. The number of hydrogen-bond donors (Lipinski definition) is 1. The quantitative estimate of drug-likeness (QED) is 0.112. The standard InChI is InChI=1S/C35H33ClN4O6S2/c1-27-12-20-34(21-13-27)48(44,45)40(23-28-8-4-2-5-9-28)26-35(41)38-37-22-31-18-19-32(46-31)25-39(24-29-14-16-30(36)17-15-29)47(42,43)33-10-6-3-7-11-33/h2-22H,23-26H2,1H3,(H,38,41)/b37-22-. The van der Waals surface area contributed by atoms with Crippen LogP contribution in [0.4, 0.5) is 0 Å². The molecular formula is C35H33ClN4O6S2. The summed E-state index contributed by atoms with van der Waals surface area (Å²) in [6.45, 7) is 1.34. The third-order valence-corrected chi connectivity index (χ3v) is 11.1. The fourth-order valence-corrected chi connectivity index (χ4v) is 7.65. The number of nitrogens with one attached hydrogen (secondary N) is 1. The van der Waals surface area contributed by atoms with E-state index in [1.54, 1.807) is 91.0 Å². The highest BCUT2D eigenvalue weighted by Crippen LogP contribution is 2.23. The Hall–Kier alpha value is -4.59. The van der Waals surface area contributed by atoms with Crippen molar-refractivity contribution in [2.45, 2.75) is 36.3 Å². The van der Waals surface area contributed by atoms with Gasteiger partial charge in [-0.2, -0.15) is 13.7 Å². The maximum absolute atomic E-state index is 13.6. The summed E-state index contributed by atoms with van der Waals surface area (Å²) < 4.78 is 62.4. The Balaban J connectivity index is 1.28. The van der Waals surface area contributed by atoms with E-state index in [1.807, 2.05) is 13.0 Å². The lowest BCUT2D eigenvalue weighted by molar-refractivity contribution is -0.121. The van der Waals surface area contributed by atoms with Crippen molar-refractivity contribution in [2.24, 2.45) is 5.10 Å². The number of carbonyl (C=O) groups is 1. The summed E-state index contributed by atoms with van der Waals surface area (Å²) in [7, 11) is -7.91. The molecule has 0 saturated carbocycles. The number of amides is 1. The lowest BCUT2D eigenvalue weighted by Gasteiger charge is -2.21. The molecule has 1 aromatic heterocycles. The monoisotopic (exact) mass is 704 g/mol. The number of aryl methyl sites for hydroxylation is 1. The fourth-order valence-electron chi connectivity index (χ4n) is 4.72. The van der Waals surface area contributed by atoms with Crippen LogP contribution in [0, 0.1) is 6.92 Å². The summed E-state index contributed by atoms with van der Waals surface area (Å²) >= 11 is 6.02. The van der Waals surface area contributed by atoms with E-state index in [0.29, 0.717) is 16.3 Å². The first kappa shape index (κ1) is 34.7. The van der Waals surface area contributed by atoms with Gasteiger partial charge in [-0.1, -0.05) is 90.0 Å². The highest BCUT2D eigenvalue weighted by molar-refractivity contribution is 7.89. The molecule has 0 bridgehead atoms. The first-order valence-corrected chi connectivity index (χ1v) is 18.1.